The number of β-amino-alcohol motifs (C(OH)–C–C–N with tert-alkyl or cyclic N) is 1. The molecule has 1 amide bonds. The zero-order valence-electron chi connectivity index (χ0n) is 15.2. The third kappa shape index (κ3) is 4.31. The molecule has 0 spiro atoms. The molecular formula is C19H26ClN3O3. The van der Waals surface area contributed by atoms with E-state index in [1.807, 2.05) is 13.8 Å². The average Bonchev–Trinajstić information content (AvgIpc) is 3.06. The number of carbonyl (C=O) groups excluding carboxylic acids is 1. The maximum absolute atomic E-state index is 12.6. The lowest BCUT2D eigenvalue weighted by Crippen LogP contribution is -2.44. The van der Waals surface area contributed by atoms with Gasteiger partial charge in [0.05, 0.1) is 28.1 Å². The lowest BCUT2D eigenvalue weighted by atomic mass is 9.95. The molecule has 1 aromatic carbocycles. The summed E-state index contributed by atoms with van der Waals surface area (Å²) in [6.45, 7) is 6.80. The molecule has 142 valence electrons. The van der Waals surface area contributed by atoms with Gasteiger partial charge in [0.15, 0.2) is 0 Å². The number of fused-ring (bicyclic) bond motifs is 1. The number of likely N-dealkylation sites (tertiary alicyclic amines) is 1. The molecule has 1 saturated heterocycles. The monoisotopic (exact) mass is 379 g/mol. The van der Waals surface area contributed by atoms with Crippen LogP contribution in [0.15, 0.2) is 22.8 Å². The van der Waals surface area contributed by atoms with Crippen LogP contribution in [-0.2, 0) is 0 Å². The number of nitrogen functional groups attached to an aromatic ring is 1. The van der Waals surface area contributed by atoms with Crippen LogP contribution in [0.1, 0.15) is 37.0 Å². The average molecular weight is 380 g/mol. The van der Waals surface area contributed by atoms with E-state index >= 15 is 0 Å². The summed E-state index contributed by atoms with van der Waals surface area (Å²) in [5.74, 6) is 0.221. The zero-order chi connectivity index (χ0) is 18.9. The summed E-state index contributed by atoms with van der Waals surface area (Å²) in [5, 5.41) is 13.9. The number of carbonyl (C=O) groups is 1. The highest BCUT2D eigenvalue weighted by molar-refractivity contribution is 6.35. The molecule has 2 heterocycles. The van der Waals surface area contributed by atoms with Crippen LogP contribution >= 0.6 is 11.6 Å². The smallest absolute Gasteiger partial charge is 0.255 e. The van der Waals surface area contributed by atoms with Gasteiger partial charge in [-0.15, -0.1) is 0 Å². The number of anilines is 1. The van der Waals surface area contributed by atoms with E-state index in [-0.39, 0.29) is 5.91 Å². The number of piperidine rings is 1. The highest BCUT2D eigenvalue weighted by Crippen LogP contribution is 2.32. The summed E-state index contributed by atoms with van der Waals surface area (Å²) in [7, 11) is 0. The Kier molecular flexibility index (Phi) is 5.46. The fraction of sp³-hybridized carbons (Fsp3) is 0.526. The number of halogens is 1. The largest absolute Gasteiger partial charge is 0.463 e. The summed E-state index contributed by atoms with van der Waals surface area (Å²) < 4.78 is 5.43. The highest BCUT2D eigenvalue weighted by atomic mass is 35.5. The number of hydrogen-bond acceptors (Lipinski definition) is 5. The SMILES string of the molecule is CC(C)(O)CN1CCC(CNC(=O)c2cc(Cl)c(N)c3ccoc23)CC1. The minimum Gasteiger partial charge on any atom is -0.463 e. The van der Waals surface area contributed by atoms with E-state index < -0.39 is 5.60 Å². The van der Waals surface area contributed by atoms with Gasteiger partial charge in [-0.2, -0.15) is 0 Å². The molecule has 7 heteroatoms. The second kappa shape index (κ2) is 7.47. The Bertz CT molecular complexity index is 789. The number of nitrogens with two attached hydrogens (primary N) is 1. The molecule has 3 rings (SSSR count). The standard InChI is InChI=1S/C19H26ClN3O3/c1-19(2,25)11-23-6-3-12(4-7-23)10-22-18(24)14-9-15(20)16(21)13-5-8-26-17(13)14/h5,8-9,12,25H,3-4,6-7,10-11,21H2,1-2H3,(H,22,24). The van der Waals surface area contributed by atoms with Gasteiger partial charge in [-0.25, -0.2) is 0 Å². The first-order valence-electron chi connectivity index (χ1n) is 8.93. The van der Waals surface area contributed by atoms with E-state index in [1.165, 1.54) is 6.26 Å². The third-order valence-corrected chi connectivity index (χ3v) is 5.15. The number of furan rings is 1. The first-order valence-corrected chi connectivity index (χ1v) is 9.30. The number of aliphatic hydroxyl groups is 1. The van der Waals surface area contributed by atoms with Gasteiger partial charge in [0, 0.05) is 18.5 Å². The molecule has 0 radical (unpaired) electrons. The molecule has 4 N–H and O–H groups in total. The van der Waals surface area contributed by atoms with Crippen molar-refractivity contribution in [3.8, 4) is 0 Å². The molecule has 2 aromatic rings. The van der Waals surface area contributed by atoms with Crippen molar-refractivity contribution in [2.24, 2.45) is 5.92 Å². The summed E-state index contributed by atoms with van der Waals surface area (Å²) in [5.41, 5.74) is 6.55. The second-order valence-electron chi connectivity index (χ2n) is 7.73. The molecule has 1 aliphatic heterocycles. The van der Waals surface area contributed by atoms with Crippen molar-refractivity contribution in [3.63, 3.8) is 0 Å². The van der Waals surface area contributed by atoms with Gasteiger partial charge in [0.1, 0.15) is 5.58 Å². The molecule has 0 saturated carbocycles. The maximum Gasteiger partial charge on any atom is 0.255 e. The van der Waals surface area contributed by atoms with E-state index in [0.29, 0.717) is 46.3 Å². The molecule has 1 aromatic heterocycles. The van der Waals surface area contributed by atoms with Crippen molar-refractivity contribution in [1.82, 2.24) is 10.2 Å². The van der Waals surface area contributed by atoms with Gasteiger partial charge in [-0.1, -0.05) is 11.6 Å². The first-order chi connectivity index (χ1) is 12.2. The van der Waals surface area contributed by atoms with Gasteiger partial charge < -0.3 is 25.5 Å². The van der Waals surface area contributed by atoms with Crippen molar-refractivity contribution in [2.45, 2.75) is 32.3 Å². The van der Waals surface area contributed by atoms with Crippen LogP contribution in [0, 0.1) is 5.92 Å². The Morgan fingerprint density at radius 3 is 2.81 bits per heavy atom. The molecule has 0 unspecified atom stereocenters. The molecule has 0 aliphatic carbocycles. The van der Waals surface area contributed by atoms with Crippen LogP contribution in [0.5, 0.6) is 0 Å². The fourth-order valence-electron chi connectivity index (χ4n) is 3.53. The van der Waals surface area contributed by atoms with E-state index in [4.69, 9.17) is 21.8 Å². The van der Waals surface area contributed by atoms with Crippen molar-refractivity contribution in [2.75, 3.05) is 31.9 Å². The topological polar surface area (TPSA) is 91.7 Å². The molecule has 0 bridgehead atoms. The normalized spacial score (nSPS) is 16.9. The molecular weight excluding hydrogens is 354 g/mol. The zero-order valence-corrected chi connectivity index (χ0v) is 16.0. The van der Waals surface area contributed by atoms with E-state index in [2.05, 4.69) is 10.2 Å². The van der Waals surface area contributed by atoms with Crippen molar-refractivity contribution < 1.29 is 14.3 Å². The summed E-state index contributed by atoms with van der Waals surface area (Å²) >= 11 is 6.14. The molecule has 0 atom stereocenters. The van der Waals surface area contributed by atoms with Crippen molar-refractivity contribution in [3.05, 3.63) is 29.0 Å². The summed E-state index contributed by atoms with van der Waals surface area (Å²) in [6, 6.07) is 3.27. The summed E-state index contributed by atoms with van der Waals surface area (Å²) in [6.07, 6.45) is 3.50. The van der Waals surface area contributed by atoms with Crippen LogP contribution in [0.2, 0.25) is 5.02 Å². The number of nitrogens with one attached hydrogen (secondary N) is 1. The van der Waals surface area contributed by atoms with Gasteiger partial charge >= 0.3 is 0 Å². The molecule has 6 nitrogen and oxygen atoms in total. The van der Waals surface area contributed by atoms with Gasteiger partial charge in [0.25, 0.3) is 5.91 Å². The second-order valence-corrected chi connectivity index (χ2v) is 8.13. The molecule has 1 fully saturated rings. The Balaban J connectivity index is 1.57. The Morgan fingerprint density at radius 2 is 2.15 bits per heavy atom. The van der Waals surface area contributed by atoms with Crippen LogP contribution in [0.3, 0.4) is 0 Å². The third-order valence-electron chi connectivity index (χ3n) is 4.84. The van der Waals surface area contributed by atoms with E-state index in [9.17, 15) is 9.90 Å². The number of hydrogen-bond donors (Lipinski definition) is 3. The first kappa shape index (κ1) is 19.0. The highest BCUT2D eigenvalue weighted by Gasteiger charge is 2.25. The maximum atomic E-state index is 12.6. The summed E-state index contributed by atoms with van der Waals surface area (Å²) in [4.78, 5) is 14.9. The Hall–Kier alpha value is -1.76. The van der Waals surface area contributed by atoms with Crippen LogP contribution in [-0.4, -0.2) is 47.7 Å². The predicted molar refractivity (Wildman–Crippen MR) is 103 cm³/mol. The van der Waals surface area contributed by atoms with Crippen molar-refractivity contribution in [1.29, 1.82) is 0 Å². The van der Waals surface area contributed by atoms with Crippen LogP contribution < -0.4 is 11.1 Å². The van der Waals surface area contributed by atoms with Crippen LogP contribution in [0.25, 0.3) is 11.0 Å². The number of rotatable bonds is 5. The van der Waals surface area contributed by atoms with Gasteiger partial charge in [0.2, 0.25) is 0 Å². The van der Waals surface area contributed by atoms with Gasteiger partial charge in [-0.3, -0.25) is 4.79 Å². The Morgan fingerprint density at radius 1 is 1.46 bits per heavy atom. The minimum atomic E-state index is -0.677. The fourth-order valence-corrected chi connectivity index (χ4v) is 3.74. The van der Waals surface area contributed by atoms with Gasteiger partial charge in [-0.05, 0) is 57.8 Å². The van der Waals surface area contributed by atoms with Crippen molar-refractivity contribution >= 4 is 34.2 Å². The molecule has 1 aliphatic rings. The lowest BCUT2D eigenvalue weighted by molar-refractivity contribution is 0.0245. The number of benzene rings is 1. The minimum absolute atomic E-state index is 0.203. The molecule has 26 heavy (non-hydrogen) atoms. The number of nitrogens with zero attached hydrogens (tertiary/aromatic N) is 1. The quantitative estimate of drug-likeness (QED) is 0.695. The van der Waals surface area contributed by atoms with Crippen LogP contribution in [0.4, 0.5) is 5.69 Å². The predicted octanol–water partition coefficient (Wildman–Crippen LogP) is 2.88. The van der Waals surface area contributed by atoms with E-state index in [0.717, 1.165) is 25.9 Å². The lowest BCUT2D eigenvalue weighted by Gasteiger charge is -2.35. The Labute approximate surface area is 158 Å². The van der Waals surface area contributed by atoms with E-state index in [1.54, 1.807) is 12.1 Å². The number of amides is 1.